The Balaban J connectivity index is 1.96. The summed E-state index contributed by atoms with van der Waals surface area (Å²) in [5.74, 6) is 0.349. The first-order valence-corrected chi connectivity index (χ1v) is 9.01. The number of hydrogen-bond donors (Lipinski definition) is 3. The molecule has 0 saturated carbocycles. The zero-order valence-corrected chi connectivity index (χ0v) is 15.4. The van der Waals surface area contributed by atoms with E-state index in [0.717, 1.165) is 16.0 Å². The van der Waals surface area contributed by atoms with Crippen molar-refractivity contribution >= 4 is 33.4 Å². The van der Waals surface area contributed by atoms with Gasteiger partial charge in [-0.2, -0.15) is 0 Å². The molecular formula is C18H20N4O3S. The number of rotatable bonds is 6. The number of nitrogens with zero attached hydrogens (tertiary/aromatic N) is 2. The Kier molecular flexibility index (Phi) is 5.34. The number of anilines is 1. The van der Waals surface area contributed by atoms with E-state index in [1.54, 1.807) is 7.05 Å². The number of benzene rings is 1. The number of aliphatic hydroxyl groups is 1. The molecule has 0 aliphatic carbocycles. The van der Waals surface area contributed by atoms with Crippen molar-refractivity contribution in [1.82, 2.24) is 14.9 Å². The molecule has 0 radical (unpaired) electrons. The van der Waals surface area contributed by atoms with Crippen LogP contribution in [0.25, 0.3) is 20.7 Å². The van der Waals surface area contributed by atoms with E-state index >= 15 is 0 Å². The Bertz CT molecular complexity index is 1010. The number of carbonyl (C=O) groups excluding carboxylic acids is 1. The molecule has 1 aromatic carbocycles. The molecular weight excluding hydrogens is 352 g/mol. The van der Waals surface area contributed by atoms with Crippen LogP contribution in [0.4, 0.5) is 5.95 Å². The molecule has 0 spiro atoms. The number of amides is 1. The van der Waals surface area contributed by atoms with E-state index in [1.165, 1.54) is 22.8 Å². The van der Waals surface area contributed by atoms with Gasteiger partial charge in [0.05, 0.1) is 12.1 Å². The molecule has 0 aliphatic heterocycles. The normalized spacial score (nSPS) is 10.9. The maximum absolute atomic E-state index is 12.7. The van der Waals surface area contributed by atoms with Gasteiger partial charge in [-0.05, 0) is 17.2 Å². The molecule has 0 bridgehead atoms. The van der Waals surface area contributed by atoms with E-state index in [2.05, 4.69) is 15.6 Å². The van der Waals surface area contributed by atoms with Gasteiger partial charge in [0, 0.05) is 31.9 Å². The third-order valence-corrected chi connectivity index (χ3v) is 5.14. The zero-order chi connectivity index (χ0) is 18.7. The van der Waals surface area contributed by atoms with Gasteiger partial charge >= 0.3 is 0 Å². The van der Waals surface area contributed by atoms with Crippen molar-refractivity contribution in [3.8, 4) is 10.4 Å². The lowest BCUT2D eigenvalue weighted by Gasteiger charge is -2.09. The van der Waals surface area contributed by atoms with Crippen molar-refractivity contribution in [2.45, 2.75) is 13.5 Å². The number of carbonyl (C=O) groups is 1. The molecule has 3 N–H and O–H groups in total. The summed E-state index contributed by atoms with van der Waals surface area (Å²) in [5.41, 5.74) is 2.20. The quantitative estimate of drug-likeness (QED) is 0.573. The minimum atomic E-state index is -0.130. The highest BCUT2D eigenvalue weighted by Crippen LogP contribution is 2.33. The van der Waals surface area contributed by atoms with E-state index in [9.17, 15) is 14.7 Å². The molecule has 3 rings (SSSR count). The molecule has 0 unspecified atom stereocenters. The Labute approximate surface area is 154 Å². The predicted octanol–water partition coefficient (Wildman–Crippen LogP) is 1.70. The van der Waals surface area contributed by atoms with Crippen molar-refractivity contribution < 1.29 is 9.90 Å². The summed E-state index contributed by atoms with van der Waals surface area (Å²) in [6.07, 6.45) is 0. The monoisotopic (exact) mass is 372 g/mol. The van der Waals surface area contributed by atoms with Crippen LogP contribution in [0.1, 0.15) is 12.5 Å². The van der Waals surface area contributed by atoms with Gasteiger partial charge in [-0.1, -0.05) is 24.3 Å². The molecule has 3 aromatic rings. The van der Waals surface area contributed by atoms with Crippen LogP contribution in [0.15, 0.2) is 35.1 Å². The second-order valence-electron chi connectivity index (χ2n) is 5.85. The lowest BCUT2D eigenvalue weighted by molar-refractivity contribution is -0.118. The van der Waals surface area contributed by atoms with Gasteiger partial charge in [0.25, 0.3) is 5.56 Å². The summed E-state index contributed by atoms with van der Waals surface area (Å²) in [6.45, 7) is 2.31. The van der Waals surface area contributed by atoms with Gasteiger partial charge in [-0.3, -0.25) is 14.2 Å². The van der Waals surface area contributed by atoms with E-state index < -0.39 is 0 Å². The summed E-state index contributed by atoms with van der Waals surface area (Å²) in [4.78, 5) is 29.0. The molecule has 136 valence electrons. The highest BCUT2D eigenvalue weighted by molar-refractivity contribution is 7.22. The molecule has 2 heterocycles. The summed E-state index contributed by atoms with van der Waals surface area (Å²) in [5, 5.41) is 15.3. The minimum absolute atomic E-state index is 0.0637. The Morgan fingerprint density at radius 3 is 2.81 bits per heavy atom. The van der Waals surface area contributed by atoms with Crippen LogP contribution in [-0.2, 0) is 18.4 Å². The van der Waals surface area contributed by atoms with Crippen LogP contribution >= 0.6 is 11.3 Å². The summed E-state index contributed by atoms with van der Waals surface area (Å²) in [7, 11) is 1.66. The third kappa shape index (κ3) is 3.61. The van der Waals surface area contributed by atoms with Gasteiger partial charge in [0.2, 0.25) is 11.9 Å². The molecule has 0 saturated heterocycles. The molecule has 2 aromatic heterocycles. The summed E-state index contributed by atoms with van der Waals surface area (Å²) in [6, 6.07) is 9.43. The fourth-order valence-corrected chi connectivity index (χ4v) is 3.79. The molecule has 7 nitrogen and oxygen atoms in total. The van der Waals surface area contributed by atoms with Crippen LogP contribution in [-0.4, -0.2) is 33.7 Å². The number of nitrogens with one attached hydrogen (secondary N) is 2. The average molecular weight is 372 g/mol. The van der Waals surface area contributed by atoms with E-state index in [1.807, 2.05) is 30.3 Å². The van der Waals surface area contributed by atoms with Gasteiger partial charge in [-0.15, -0.1) is 11.3 Å². The lowest BCUT2D eigenvalue weighted by Crippen LogP contribution is -2.28. The molecule has 8 heteroatoms. The van der Waals surface area contributed by atoms with Crippen LogP contribution < -0.4 is 16.2 Å². The first-order valence-electron chi connectivity index (χ1n) is 8.19. The summed E-state index contributed by atoms with van der Waals surface area (Å²) < 4.78 is 2.04. The first kappa shape index (κ1) is 18.1. The fraction of sp³-hybridized carbons (Fsp3) is 0.278. The lowest BCUT2D eigenvalue weighted by atomic mass is 10.1. The van der Waals surface area contributed by atoms with E-state index in [0.29, 0.717) is 29.3 Å². The maximum Gasteiger partial charge on any atom is 0.272 e. The first-order chi connectivity index (χ1) is 12.5. The molecule has 1 amide bonds. The Hall–Kier alpha value is -2.71. The minimum Gasteiger partial charge on any atom is -0.392 e. The largest absolute Gasteiger partial charge is 0.392 e. The molecule has 0 atom stereocenters. The van der Waals surface area contributed by atoms with Crippen molar-refractivity contribution in [3.63, 3.8) is 0 Å². The Morgan fingerprint density at radius 2 is 2.08 bits per heavy atom. The topological polar surface area (TPSA) is 96.2 Å². The molecule has 26 heavy (non-hydrogen) atoms. The number of fused-ring (bicyclic) bond motifs is 1. The summed E-state index contributed by atoms with van der Waals surface area (Å²) >= 11 is 1.37. The second-order valence-corrected chi connectivity index (χ2v) is 6.90. The SMILES string of the molecule is CC(=O)NCCNc1nc2cc(-c3ccccc3CO)sc2c(=O)n1C. The van der Waals surface area contributed by atoms with Crippen LogP contribution in [0.3, 0.4) is 0 Å². The third-order valence-electron chi connectivity index (χ3n) is 3.99. The predicted molar refractivity (Wildman–Crippen MR) is 103 cm³/mol. The highest BCUT2D eigenvalue weighted by atomic mass is 32.1. The van der Waals surface area contributed by atoms with Crippen molar-refractivity contribution in [2.24, 2.45) is 7.05 Å². The number of hydrogen-bond acceptors (Lipinski definition) is 6. The standard InChI is InChI=1S/C18H20N4O3S/c1-11(24)19-7-8-20-18-21-14-9-15(26-16(14)17(25)22(18)2)13-6-4-3-5-12(13)10-23/h3-6,9,23H,7-8,10H2,1-2H3,(H,19,24)(H,20,21). The van der Waals surface area contributed by atoms with Crippen LogP contribution in [0, 0.1) is 0 Å². The smallest absolute Gasteiger partial charge is 0.272 e. The van der Waals surface area contributed by atoms with Crippen molar-refractivity contribution in [1.29, 1.82) is 0 Å². The van der Waals surface area contributed by atoms with Crippen molar-refractivity contribution in [3.05, 3.63) is 46.2 Å². The molecule has 0 fully saturated rings. The van der Waals surface area contributed by atoms with Crippen LogP contribution in [0.2, 0.25) is 0 Å². The number of aliphatic hydroxyl groups excluding tert-OH is 1. The fourth-order valence-electron chi connectivity index (χ4n) is 2.66. The zero-order valence-electron chi connectivity index (χ0n) is 14.6. The second kappa shape index (κ2) is 7.67. The van der Waals surface area contributed by atoms with Gasteiger partial charge in [0.1, 0.15) is 4.70 Å². The number of aromatic nitrogens is 2. The van der Waals surface area contributed by atoms with Gasteiger partial charge < -0.3 is 15.7 Å². The van der Waals surface area contributed by atoms with E-state index in [4.69, 9.17) is 0 Å². The number of thiophene rings is 1. The maximum atomic E-state index is 12.7. The highest BCUT2D eigenvalue weighted by Gasteiger charge is 2.14. The van der Waals surface area contributed by atoms with Gasteiger partial charge in [-0.25, -0.2) is 4.98 Å². The van der Waals surface area contributed by atoms with Gasteiger partial charge in [0.15, 0.2) is 0 Å². The van der Waals surface area contributed by atoms with Crippen molar-refractivity contribution in [2.75, 3.05) is 18.4 Å². The Morgan fingerprint density at radius 1 is 1.31 bits per heavy atom. The van der Waals surface area contributed by atoms with Crippen LogP contribution in [0.5, 0.6) is 0 Å². The average Bonchev–Trinajstić information content (AvgIpc) is 3.06. The molecule has 0 aliphatic rings. The van der Waals surface area contributed by atoms with E-state index in [-0.39, 0.29) is 18.1 Å².